The largest absolute Gasteiger partial charge is 0.480 e. The third-order valence-electron chi connectivity index (χ3n) is 2.51. The van der Waals surface area contributed by atoms with Crippen LogP contribution in [-0.2, 0) is 9.53 Å². The SMILES string of the molecule is CCOCC(C)(C(=O)O)N(CC)CC. The predicted octanol–water partition coefficient (Wildman–Crippen LogP) is 1.21. The van der Waals surface area contributed by atoms with E-state index in [2.05, 4.69) is 0 Å². The highest BCUT2D eigenvalue weighted by molar-refractivity contribution is 5.78. The summed E-state index contributed by atoms with van der Waals surface area (Å²) in [6.45, 7) is 9.69. The Morgan fingerprint density at radius 3 is 2.14 bits per heavy atom. The zero-order valence-electron chi connectivity index (χ0n) is 9.54. The molecular formula is C10H21NO3. The van der Waals surface area contributed by atoms with Crippen LogP contribution in [0.25, 0.3) is 0 Å². The fraction of sp³-hybridized carbons (Fsp3) is 0.900. The number of hydrogen-bond donors (Lipinski definition) is 1. The van der Waals surface area contributed by atoms with Gasteiger partial charge in [0.05, 0.1) is 6.61 Å². The van der Waals surface area contributed by atoms with Gasteiger partial charge in [0.15, 0.2) is 0 Å². The van der Waals surface area contributed by atoms with Gasteiger partial charge in [0.25, 0.3) is 0 Å². The second kappa shape index (κ2) is 5.98. The summed E-state index contributed by atoms with van der Waals surface area (Å²) in [5, 5.41) is 9.17. The van der Waals surface area contributed by atoms with Crippen molar-refractivity contribution in [1.29, 1.82) is 0 Å². The van der Waals surface area contributed by atoms with Crippen LogP contribution in [0.5, 0.6) is 0 Å². The molecule has 14 heavy (non-hydrogen) atoms. The minimum atomic E-state index is -0.903. The number of ether oxygens (including phenoxy) is 1. The lowest BCUT2D eigenvalue weighted by molar-refractivity contribution is -0.154. The number of carboxylic acids is 1. The number of carbonyl (C=O) groups is 1. The normalized spacial score (nSPS) is 15.5. The molecule has 0 aliphatic rings. The second-order valence-corrected chi connectivity index (χ2v) is 3.39. The molecule has 0 aromatic carbocycles. The first-order valence-corrected chi connectivity index (χ1v) is 5.09. The van der Waals surface area contributed by atoms with E-state index < -0.39 is 11.5 Å². The van der Waals surface area contributed by atoms with E-state index in [0.29, 0.717) is 19.7 Å². The maximum Gasteiger partial charge on any atom is 0.326 e. The van der Waals surface area contributed by atoms with Crippen LogP contribution in [0.1, 0.15) is 27.7 Å². The predicted molar refractivity (Wildman–Crippen MR) is 55.5 cm³/mol. The van der Waals surface area contributed by atoms with Crippen molar-refractivity contribution in [1.82, 2.24) is 4.90 Å². The monoisotopic (exact) mass is 203 g/mol. The van der Waals surface area contributed by atoms with Crippen molar-refractivity contribution < 1.29 is 14.6 Å². The van der Waals surface area contributed by atoms with Gasteiger partial charge in [-0.2, -0.15) is 0 Å². The van der Waals surface area contributed by atoms with Gasteiger partial charge >= 0.3 is 5.97 Å². The summed E-state index contributed by atoms with van der Waals surface area (Å²) in [7, 11) is 0. The molecule has 0 aliphatic carbocycles. The Hall–Kier alpha value is -0.610. The smallest absolute Gasteiger partial charge is 0.326 e. The molecule has 0 bridgehead atoms. The molecule has 0 saturated carbocycles. The molecule has 0 aliphatic heterocycles. The highest BCUT2D eigenvalue weighted by Gasteiger charge is 2.38. The van der Waals surface area contributed by atoms with Gasteiger partial charge < -0.3 is 9.84 Å². The summed E-state index contributed by atoms with van der Waals surface area (Å²) >= 11 is 0. The summed E-state index contributed by atoms with van der Waals surface area (Å²) in [5.74, 6) is -0.824. The lowest BCUT2D eigenvalue weighted by atomic mass is 10.0. The van der Waals surface area contributed by atoms with Crippen molar-refractivity contribution in [3.63, 3.8) is 0 Å². The van der Waals surface area contributed by atoms with E-state index in [1.807, 2.05) is 25.7 Å². The summed E-state index contributed by atoms with van der Waals surface area (Å²) in [6, 6.07) is 0. The molecule has 1 atom stereocenters. The Bertz CT molecular complexity index is 180. The molecule has 0 aromatic rings. The molecule has 84 valence electrons. The first-order valence-electron chi connectivity index (χ1n) is 5.09. The van der Waals surface area contributed by atoms with Crippen LogP contribution in [-0.4, -0.2) is 47.8 Å². The van der Waals surface area contributed by atoms with Crippen molar-refractivity contribution >= 4 is 5.97 Å². The minimum absolute atomic E-state index is 0.237. The average Bonchev–Trinajstić information content (AvgIpc) is 2.16. The van der Waals surface area contributed by atoms with Crippen LogP contribution in [0.4, 0.5) is 0 Å². The van der Waals surface area contributed by atoms with E-state index in [1.165, 1.54) is 0 Å². The van der Waals surface area contributed by atoms with Crippen molar-refractivity contribution in [3.05, 3.63) is 0 Å². The lowest BCUT2D eigenvalue weighted by Crippen LogP contribution is -2.55. The van der Waals surface area contributed by atoms with Crippen LogP contribution >= 0.6 is 0 Å². The summed E-state index contributed by atoms with van der Waals surface area (Å²) < 4.78 is 5.22. The molecule has 1 unspecified atom stereocenters. The van der Waals surface area contributed by atoms with E-state index in [4.69, 9.17) is 4.74 Å². The van der Waals surface area contributed by atoms with Gasteiger partial charge in [-0.3, -0.25) is 9.69 Å². The third kappa shape index (κ3) is 2.96. The van der Waals surface area contributed by atoms with E-state index >= 15 is 0 Å². The Morgan fingerprint density at radius 1 is 1.36 bits per heavy atom. The maximum atomic E-state index is 11.2. The zero-order valence-corrected chi connectivity index (χ0v) is 9.54. The number of nitrogens with zero attached hydrogens (tertiary/aromatic N) is 1. The number of aliphatic carboxylic acids is 1. The summed E-state index contributed by atoms with van der Waals surface area (Å²) in [6.07, 6.45) is 0. The fourth-order valence-electron chi connectivity index (χ4n) is 1.51. The molecular weight excluding hydrogens is 182 g/mol. The molecule has 1 N–H and O–H groups in total. The van der Waals surface area contributed by atoms with E-state index in [9.17, 15) is 9.90 Å². The van der Waals surface area contributed by atoms with Gasteiger partial charge in [-0.1, -0.05) is 13.8 Å². The summed E-state index contributed by atoms with van der Waals surface area (Å²) in [5.41, 5.74) is -0.903. The molecule has 0 heterocycles. The molecule has 0 radical (unpaired) electrons. The second-order valence-electron chi connectivity index (χ2n) is 3.39. The minimum Gasteiger partial charge on any atom is -0.480 e. The van der Waals surface area contributed by atoms with Gasteiger partial charge in [0, 0.05) is 6.61 Å². The van der Waals surface area contributed by atoms with Crippen LogP contribution in [0.2, 0.25) is 0 Å². The van der Waals surface area contributed by atoms with Gasteiger partial charge in [-0.25, -0.2) is 0 Å². The molecule has 0 amide bonds. The van der Waals surface area contributed by atoms with Gasteiger partial charge in [0.2, 0.25) is 0 Å². The van der Waals surface area contributed by atoms with Crippen LogP contribution in [0.3, 0.4) is 0 Å². The van der Waals surface area contributed by atoms with Crippen LogP contribution in [0, 0.1) is 0 Å². The number of likely N-dealkylation sites (N-methyl/N-ethyl adjacent to an activating group) is 1. The van der Waals surface area contributed by atoms with Crippen molar-refractivity contribution in [2.45, 2.75) is 33.2 Å². The quantitative estimate of drug-likeness (QED) is 0.675. The number of rotatable bonds is 7. The summed E-state index contributed by atoms with van der Waals surface area (Å²) in [4.78, 5) is 13.1. The first kappa shape index (κ1) is 13.4. The Labute approximate surface area is 85.9 Å². The van der Waals surface area contributed by atoms with E-state index in [1.54, 1.807) is 6.92 Å². The van der Waals surface area contributed by atoms with E-state index in [0.717, 1.165) is 0 Å². The van der Waals surface area contributed by atoms with Crippen molar-refractivity contribution in [3.8, 4) is 0 Å². The highest BCUT2D eigenvalue weighted by Crippen LogP contribution is 2.15. The third-order valence-corrected chi connectivity index (χ3v) is 2.51. The van der Waals surface area contributed by atoms with Gasteiger partial charge in [-0.15, -0.1) is 0 Å². The number of hydrogen-bond acceptors (Lipinski definition) is 3. The van der Waals surface area contributed by atoms with Gasteiger partial charge in [-0.05, 0) is 26.9 Å². The Balaban J connectivity index is 4.59. The van der Waals surface area contributed by atoms with Crippen LogP contribution < -0.4 is 0 Å². The molecule has 0 aromatic heterocycles. The van der Waals surface area contributed by atoms with Crippen LogP contribution in [0.15, 0.2) is 0 Å². The van der Waals surface area contributed by atoms with Crippen molar-refractivity contribution in [2.75, 3.05) is 26.3 Å². The Morgan fingerprint density at radius 2 is 1.86 bits per heavy atom. The van der Waals surface area contributed by atoms with E-state index in [-0.39, 0.29) is 6.61 Å². The zero-order chi connectivity index (χ0) is 11.2. The molecule has 4 nitrogen and oxygen atoms in total. The molecule has 4 heteroatoms. The molecule has 0 fully saturated rings. The maximum absolute atomic E-state index is 11.2. The standard InChI is InChI=1S/C10H21NO3/c1-5-11(6-2)10(4,9(12)13)8-14-7-3/h5-8H2,1-4H3,(H,12,13). The lowest BCUT2D eigenvalue weighted by Gasteiger charge is -2.36. The molecule has 0 rings (SSSR count). The number of carboxylic acid groups (broad SMARTS) is 1. The van der Waals surface area contributed by atoms with Crippen molar-refractivity contribution in [2.24, 2.45) is 0 Å². The fourth-order valence-corrected chi connectivity index (χ4v) is 1.51. The average molecular weight is 203 g/mol. The Kier molecular flexibility index (Phi) is 5.72. The highest BCUT2D eigenvalue weighted by atomic mass is 16.5. The molecule has 0 spiro atoms. The van der Waals surface area contributed by atoms with Gasteiger partial charge in [0.1, 0.15) is 5.54 Å². The molecule has 0 saturated heterocycles. The topological polar surface area (TPSA) is 49.8 Å². The first-order chi connectivity index (χ1) is 6.52.